The molecule has 156 valence electrons. The Bertz CT molecular complexity index is 1500. The highest BCUT2D eigenvalue weighted by molar-refractivity contribution is 7.13. The summed E-state index contributed by atoms with van der Waals surface area (Å²) in [5.41, 5.74) is 11.1. The molecule has 0 aliphatic carbocycles. The Morgan fingerprint density at radius 3 is 2.53 bits per heavy atom. The lowest BCUT2D eigenvalue weighted by Crippen LogP contribution is -2.22. The molecule has 0 amide bonds. The van der Waals surface area contributed by atoms with Gasteiger partial charge in [-0.15, -0.1) is 11.3 Å². The van der Waals surface area contributed by atoms with Crippen LogP contribution in [-0.4, -0.2) is 9.55 Å². The molecule has 5 aromatic rings. The van der Waals surface area contributed by atoms with Gasteiger partial charge in [0.05, 0.1) is 16.6 Å². The number of benzene rings is 3. The Balaban J connectivity index is 1.72. The fourth-order valence-corrected chi connectivity index (χ4v) is 4.41. The zero-order chi connectivity index (χ0) is 22.1. The van der Waals surface area contributed by atoms with Gasteiger partial charge in [-0.1, -0.05) is 48.0 Å². The molecular formula is C27H21N3OS. The number of thiophene rings is 1. The largest absolute Gasteiger partial charge is 0.399 e. The minimum absolute atomic E-state index is 0.0931. The highest BCUT2D eigenvalue weighted by atomic mass is 32.1. The normalized spacial score (nSPS) is 11.4. The maximum Gasteiger partial charge on any atom is 0.266 e. The number of fused-ring (bicyclic) bond motifs is 1. The summed E-state index contributed by atoms with van der Waals surface area (Å²) >= 11 is 1.65. The molecule has 0 aliphatic heterocycles. The van der Waals surface area contributed by atoms with Crippen molar-refractivity contribution in [2.75, 3.05) is 5.73 Å². The molecule has 0 saturated carbocycles. The van der Waals surface area contributed by atoms with E-state index in [0.717, 1.165) is 27.3 Å². The van der Waals surface area contributed by atoms with E-state index in [9.17, 15) is 4.79 Å². The van der Waals surface area contributed by atoms with Gasteiger partial charge in [0.1, 0.15) is 5.82 Å². The molecule has 2 heterocycles. The molecule has 5 heteroatoms. The van der Waals surface area contributed by atoms with Crippen LogP contribution in [0.1, 0.15) is 17.0 Å². The van der Waals surface area contributed by atoms with E-state index >= 15 is 0 Å². The quantitative estimate of drug-likeness (QED) is 0.343. The topological polar surface area (TPSA) is 60.9 Å². The summed E-state index contributed by atoms with van der Waals surface area (Å²) < 4.78 is 1.67. The van der Waals surface area contributed by atoms with Gasteiger partial charge in [-0.05, 0) is 72.0 Å². The third-order valence-corrected chi connectivity index (χ3v) is 6.25. The molecule has 0 unspecified atom stereocenters. The highest BCUT2D eigenvalue weighted by Crippen LogP contribution is 2.27. The average molecular weight is 436 g/mol. The van der Waals surface area contributed by atoms with Gasteiger partial charge in [0, 0.05) is 10.6 Å². The maximum absolute atomic E-state index is 13.7. The zero-order valence-electron chi connectivity index (χ0n) is 17.5. The molecule has 32 heavy (non-hydrogen) atoms. The Morgan fingerprint density at radius 1 is 0.938 bits per heavy atom. The number of nitrogen functional groups attached to an aromatic ring is 1. The molecule has 0 spiro atoms. The molecular weight excluding hydrogens is 414 g/mol. The number of aromatic nitrogens is 2. The Kier molecular flexibility index (Phi) is 5.17. The standard InChI is InChI=1S/C27H21N3OS/c1-18-7-11-22(12-8-18)30-26(14-9-19-4-2-5-21(28)16-19)29-24-13-10-20(17-23(24)27(30)31)25-6-3-15-32-25/h2-17H,28H2,1H3/b14-9+. The van der Waals surface area contributed by atoms with E-state index in [4.69, 9.17) is 10.7 Å². The minimum Gasteiger partial charge on any atom is -0.399 e. The molecule has 0 atom stereocenters. The van der Waals surface area contributed by atoms with Gasteiger partial charge in [-0.3, -0.25) is 9.36 Å². The number of hydrogen-bond donors (Lipinski definition) is 1. The summed E-state index contributed by atoms with van der Waals surface area (Å²) in [4.78, 5) is 19.7. The van der Waals surface area contributed by atoms with Crippen molar-refractivity contribution in [3.63, 3.8) is 0 Å². The van der Waals surface area contributed by atoms with Gasteiger partial charge in [0.25, 0.3) is 5.56 Å². The molecule has 4 nitrogen and oxygen atoms in total. The Morgan fingerprint density at radius 2 is 1.78 bits per heavy atom. The molecule has 0 aliphatic rings. The number of hydrogen-bond acceptors (Lipinski definition) is 4. The fourth-order valence-electron chi connectivity index (χ4n) is 3.69. The van der Waals surface area contributed by atoms with Crippen molar-refractivity contribution in [3.05, 3.63) is 112 Å². The van der Waals surface area contributed by atoms with E-state index in [0.29, 0.717) is 22.4 Å². The molecule has 0 fully saturated rings. The smallest absolute Gasteiger partial charge is 0.266 e. The van der Waals surface area contributed by atoms with Crippen LogP contribution in [-0.2, 0) is 0 Å². The van der Waals surface area contributed by atoms with Crippen molar-refractivity contribution >= 4 is 40.1 Å². The summed E-state index contributed by atoms with van der Waals surface area (Å²) in [5.74, 6) is 0.567. The van der Waals surface area contributed by atoms with Crippen molar-refractivity contribution < 1.29 is 0 Å². The van der Waals surface area contributed by atoms with Gasteiger partial charge in [-0.2, -0.15) is 0 Å². The first-order valence-electron chi connectivity index (χ1n) is 10.3. The summed E-state index contributed by atoms with van der Waals surface area (Å²) in [6, 6.07) is 25.4. The van der Waals surface area contributed by atoms with Crippen molar-refractivity contribution in [1.82, 2.24) is 9.55 Å². The third kappa shape index (κ3) is 3.86. The van der Waals surface area contributed by atoms with Crippen LogP contribution in [0.15, 0.2) is 89.0 Å². The van der Waals surface area contributed by atoms with Crippen molar-refractivity contribution in [2.24, 2.45) is 0 Å². The Hall–Kier alpha value is -3.96. The summed E-state index contributed by atoms with van der Waals surface area (Å²) in [6.45, 7) is 2.03. The zero-order valence-corrected chi connectivity index (χ0v) is 18.3. The third-order valence-electron chi connectivity index (χ3n) is 5.33. The van der Waals surface area contributed by atoms with Gasteiger partial charge in [0.15, 0.2) is 0 Å². The predicted molar refractivity (Wildman–Crippen MR) is 135 cm³/mol. The maximum atomic E-state index is 13.7. The van der Waals surface area contributed by atoms with E-state index in [1.54, 1.807) is 15.9 Å². The van der Waals surface area contributed by atoms with Crippen LogP contribution >= 0.6 is 11.3 Å². The van der Waals surface area contributed by atoms with Gasteiger partial charge in [-0.25, -0.2) is 4.98 Å². The molecule has 5 rings (SSSR count). The van der Waals surface area contributed by atoms with Crippen molar-refractivity contribution in [1.29, 1.82) is 0 Å². The predicted octanol–water partition coefficient (Wildman–Crippen LogP) is 6.18. The lowest BCUT2D eigenvalue weighted by Gasteiger charge is -2.12. The molecule has 0 bridgehead atoms. The number of rotatable bonds is 4. The van der Waals surface area contributed by atoms with Crippen LogP contribution in [0.4, 0.5) is 5.69 Å². The fraction of sp³-hybridized carbons (Fsp3) is 0.0370. The molecule has 3 aromatic carbocycles. The van der Waals surface area contributed by atoms with Gasteiger partial charge in [0.2, 0.25) is 0 Å². The summed E-state index contributed by atoms with van der Waals surface area (Å²) in [5, 5.41) is 2.63. The van der Waals surface area contributed by atoms with E-state index in [1.165, 1.54) is 0 Å². The number of nitrogens with zero attached hydrogens (tertiary/aromatic N) is 2. The monoisotopic (exact) mass is 435 g/mol. The van der Waals surface area contributed by atoms with E-state index < -0.39 is 0 Å². The van der Waals surface area contributed by atoms with E-state index in [-0.39, 0.29) is 5.56 Å². The molecule has 0 radical (unpaired) electrons. The van der Waals surface area contributed by atoms with Crippen molar-refractivity contribution in [2.45, 2.75) is 6.92 Å². The Labute approximate surface area is 189 Å². The SMILES string of the molecule is Cc1ccc(-n2c(/C=C/c3cccc(N)c3)nc3ccc(-c4cccs4)cc3c2=O)cc1. The number of nitrogens with two attached hydrogens (primary N) is 1. The number of aryl methyl sites for hydroxylation is 1. The molecule has 2 N–H and O–H groups in total. The van der Waals surface area contributed by atoms with Gasteiger partial charge < -0.3 is 5.73 Å². The highest BCUT2D eigenvalue weighted by Gasteiger charge is 2.13. The van der Waals surface area contributed by atoms with Crippen molar-refractivity contribution in [3.8, 4) is 16.1 Å². The van der Waals surface area contributed by atoms with Crippen LogP contribution in [0.3, 0.4) is 0 Å². The first kappa shape index (κ1) is 20.0. The first-order valence-corrected chi connectivity index (χ1v) is 11.2. The molecule has 2 aromatic heterocycles. The van der Waals surface area contributed by atoms with E-state index in [1.807, 2.05) is 97.3 Å². The second-order valence-corrected chi connectivity index (χ2v) is 8.61. The summed E-state index contributed by atoms with van der Waals surface area (Å²) in [6.07, 6.45) is 3.79. The first-order chi connectivity index (χ1) is 15.6. The number of anilines is 1. The van der Waals surface area contributed by atoms with Crippen LogP contribution in [0, 0.1) is 6.92 Å². The lowest BCUT2D eigenvalue weighted by atomic mass is 10.1. The molecule has 0 saturated heterocycles. The van der Waals surface area contributed by atoms with Gasteiger partial charge >= 0.3 is 0 Å². The van der Waals surface area contributed by atoms with Crippen LogP contribution < -0.4 is 11.3 Å². The average Bonchev–Trinajstić information content (AvgIpc) is 3.34. The lowest BCUT2D eigenvalue weighted by molar-refractivity contribution is 0.943. The van der Waals surface area contributed by atoms with Crippen LogP contribution in [0.25, 0.3) is 39.2 Å². The van der Waals surface area contributed by atoms with Crippen LogP contribution in [0.5, 0.6) is 0 Å². The van der Waals surface area contributed by atoms with Crippen LogP contribution in [0.2, 0.25) is 0 Å². The summed E-state index contributed by atoms with van der Waals surface area (Å²) in [7, 11) is 0. The van der Waals surface area contributed by atoms with E-state index in [2.05, 4.69) is 6.07 Å². The minimum atomic E-state index is -0.0931. The second-order valence-electron chi connectivity index (χ2n) is 7.66. The second kappa shape index (κ2) is 8.29.